The van der Waals surface area contributed by atoms with Crippen molar-refractivity contribution in [1.82, 2.24) is 5.32 Å². The van der Waals surface area contributed by atoms with Crippen LogP contribution in [0.15, 0.2) is 18.2 Å². The van der Waals surface area contributed by atoms with Crippen LogP contribution in [0.5, 0.6) is 0 Å². The number of halogens is 1. The van der Waals surface area contributed by atoms with Crippen molar-refractivity contribution in [3.63, 3.8) is 0 Å². The molecule has 0 aliphatic heterocycles. The average molecular weight is 228 g/mol. The van der Waals surface area contributed by atoms with E-state index in [1.54, 1.807) is 18.2 Å². The third kappa shape index (κ3) is 3.84. The largest absolute Gasteiger partial charge is 0.488 e. The molecule has 1 aromatic carbocycles. The minimum Gasteiger partial charge on any atom is -0.423 e. The maximum atomic E-state index is 8.93. The van der Waals surface area contributed by atoms with Crippen LogP contribution in [0.1, 0.15) is 18.9 Å². The highest BCUT2D eigenvalue weighted by molar-refractivity contribution is 6.59. The van der Waals surface area contributed by atoms with E-state index in [4.69, 9.17) is 21.6 Å². The van der Waals surface area contributed by atoms with E-state index >= 15 is 0 Å². The molecule has 3 nitrogen and oxygen atoms in total. The van der Waals surface area contributed by atoms with Gasteiger partial charge >= 0.3 is 7.12 Å². The molecular weight excluding hydrogens is 212 g/mol. The molecule has 1 rings (SSSR count). The van der Waals surface area contributed by atoms with Crippen molar-refractivity contribution in [2.75, 3.05) is 6.54 Å². The van der Waals surface area contributed by atoms with Gasteiger partial charge < -0.3 is 15.4 Å². The van der Waals surface area contributed by atoms with E-state index in [0.717, 1.165) is 18.5 Å². The van der Waals surface area contributed by atoms with Gasteiger partial charge in [-0.25, -0.2) is 0 Å². The van der Waals surface area contributed by atoms with Crippen molar-refractivity contribution in [2.24, 2.45) is 0 Å². The highest BCUT2D eigenvalue weighted by Gasteiger charge is 2.12. The van der Waals surface area contributed by atoms with Gasteiger partial charge in [0.25, 0.3) is 0 Å². The molecule has 82 valence electrons. The molecule has 0 saturated heterocycles. The van der Waals surface area contributed by atoms with Crippen LogP contribution in [0.2, 0.25) is 5.02 Å². The quantitative estimate of drug-likeness (QED) is 0.508. The predicted octanol–water partition coefficient (Wildman–Crippen LogP) is 0.519. The highest BCUT2D eigenvalue weighted by atomic mass is 35.5. The molecule has 5 heteroatoms. The summed E-state index contributed by atoms with van der Waals surface area (Å²) in [5, 5.41) is 21.7. The number of nitrogens with one attached hydrogen (secondary N) is 1. The Labute approximate surface area is 95.2 Å². The predicted molar refractivity (Wildman–Crippen MR) is 63.3 cm³/mol. The molecule has 3 N–H and O–H groups in total. The topological polar surface area (TPSA) is 52.5 Å². The summed E-state index contributed by atoms with van der Waals surface area (Å²) < 4.78 is 0. The first kappa shape index (κ1) is 12.5. The van der Waals surface area contributed by atoms with Gasteiger partial charge in [0.2, 0.25) is 0 Å². The smallest absolute Gasteiger partial charge is 0.423 e. The van der Waals surface area contributed by atoms with Gasteiger partial charge in [0.05, 0.1) is 0 Å². The zero-order valence-corrected chi connectivity index (χ0v) is 9.46. The van der Waals surface area contributed by atoms with Crippen LogP contribution in [0.4, 0.5) is 0 Å². The summed E-state index contributed by atoms with van der Waals surface area (Å²) in [7, 11) is -1.46. The van der Waals surface area contributed by atoms with Crippen molar-refractivity contribution in [3.8, 4) is 0 Å². The van der Waals surface area contributed by atoms with Crippen molar-refractivity contribution < 1.29 is 10.0 Å². The first-order chi connectivity index (χ1) is 7.15. The number of hydrogen-bond acceptors (Lipinski definition) is 3. The summed E-state index contributed by atoms with van der Waals surface area (Å²) in [4.78, 5) is 0. The fourth-order valence-electron chi connectivity index (χ4n) is 1.27. The highest BCUT2D eigenvalue weighted by Crippen LogP contribution is 2.13. The molecule has 0 aliphatic rings. The molecule has 0 radical (unpaired) electrons. The van der Waals surface area contributed by atoms with Gasteiger partial charge in [0.1, 0.15) is 0 Å². The Bertz CT molecular complexity index is 320. The van der Waals surface area contributed by atoms with Crippen LogP contribution in [0, 0.1) is 0 Å². The van der Waals surface area contributed by atoms with Gasteiger partial charge in [-0.3, -0.25) is 0 Å². The molecule has 0 atom stereocenters. The molecule has 0 amide bonds. The summed E-state index contributed by atoms with van der Waals surface area (Å²) >= 11 is 5.99. The molecule has 0 heterocycles. The van der Waals surface area contributed by atoms with E-state index in [0.29, 0.717) is 17.0 Å². The Balaban J connectivity index is 2.66. The fraction of sp³-hybridized carbons (Fsp3) is 0.400. The fourth-order valence-corrected chi connectivity index (χ4v) is 1.52. The van der Waals surface area contributed by atoms with E-state index in [1.807, 2.05) is 0 Å². The molecule has 0 saturated carbocycles. The number of hydrogen-bond donors (Lipinski definition) is 3. The standard InChI is InChI=1S/C10H15BClNO2/c1-2-5-13-7-8-3-4-9(11(14)15)6-10(8)12/h3-4,6,13-15H,2,5,7H2,1H3. The summed E-state index contributed by atoms with van der Waals surface area (Å²) in [6.45, 7) is 3.75. The lowest BCUT2D eigenvalue weighted by Gasteiger charge is -2.07. The average Bonchev–Trinajstić information content (AvgIpc) is 2.20. The molecule has 0 bridgehead atoms. The van der Waals surface area contributed by atoms with Gasteiger partial charge in [0, 0.05) is 11.6 Å². The van der Waals surface area contributed by atoms with Gasteiger partial charge in [-0.05, 0) is 30.1 Å². The molecule has 0 spiro atoms. The maximum absolute atomic E-state index is 8.93. The van der Waals surface area contributed by atoms with Crippen molar-refractivity contribution in [1.29, 1.82) is 0 Å². The Morgan fingerprint density at radius 2 is 2.13 bits per heavy atom. The number of benzene rings is 1. The summed E-state index contributed by atoms with van der Waals surface area (Å²) in [6, 6.07) is 5.05. The third-order valence-electron chi connectivity index (χ3n) is 2.12. The zero-order valence-electron chi connectivity index (χ0n) is 8.70. The molecule has 0 aliphatic carbocycles. The van der Waals surface area contributed by atoms with Crippen LogP contribution in [0.3, 0.4) is 0 Å². The molecule has 0 fully saturated rings. The Morgan fingerprint density at radius 3 is 2.67 bits per heavy atom. The second-order valence-electron chi connectivity index (χ2n) is 3.40. The Hall–Kier alpha value is -0.545. The summed E-state index contributed by atoms with van der Waals surface area (Å²) in [6.07, 6.45) is 1.07. The summed E-state index contributed by atoms with van der Waals surface area (Å²) in [5.41, 5.74) is 1.38. The van der Waals surface area contributed by atoms with Crippen LogP contribution in [0.25, 0.3) is 0 Å². The first-order valence-corrected chi connectivity index (χ1v) is 5.38. The Morgan fingerprint density at radius 1 is 1.40 bits per heavy atom. The second kappa shape index (κ2) is 6.13. The molecule has 0 unspecified atom stereocenters. The molecule has 0 aromatic heterocycles. The number of rotatable bonds is 5. The van der Waals surface area contributed by atoms with Crippen molar-refractivity contribution in [2.45, 2.75) is 19.9 Å². The maximum Gasteiger partial charge on any atom is 0.488 e. The van der Waals surface area contributed by atoms with Gasteiger partial charge in [-0.2, -0.15) is 0 Å². The monoisotopic (exact) mass is 227 g/mol. The van der Waals surface area contributed by atoms with Crippen LogP contribution in [-0.2, 0) is 6.54 Å². The SMILES string of the molecule is CCCNCc1ccc(B(O)O)cc1Cl. The van der Waals surface area contributed by atoms with Crippen molar-refractivity contribution >= 4 is 24.2 Å². The van der Waals surface area contributed by atoms with Crippen LogP contribution < -0.4 is 10.8 Å². The Kier molecular flexibility index (Phi) is 5.12. The van der Waals surface area contributed by atoms with E-state index in [-0.39, 0.29) is 0 Å². The molecule has 1 aromatic rings. The van der Waals surface area contributed by atoms with Crippen LogP contribution in [-0.4, -0.2) is 23.7 Å². The minimum absolute atomic E-state index is 0.416. The van der Waals surface area contributed by atoms with E-state index in [9.17, 15) is 0 Å². The zero-order chi connectivity index (χ0) is 11.3. The lowest BCUT2D eigenvalue weighted by atomic mass is 9.80. The van der Waals surface area contributed by atoms with E-state index < -0.39 is 7.12 Å². The first-order valence-electron chi connectivity index (χ1n) is 5.00. The van der Waals surface area contributed by atoms with Gasteiger partial charge in [-0.1, -0.05) is 30.7 Å². The molecular formula is C10H15BClNO2. The van der Waals surface area contributed by atoms with Crippen LogP contribution >= 0.6 is 11.6 Å². The van der Waals surface area contributed by atoms with E-state index in [1.165, 1.54) is 0 Å². The normalized spacial score (nSPS) is 10.4. The van der Waals surface area contributed by atoms with E-state index in [2.05, 4.69) is 12.2 Å². The van der Waals surface area contributed by atoms with Crippen molar-refractivity contribution in [3.05, 3.63) is 28.8 Å². The third-order valence-corrected chi connectivity index (χ3v) is 2.47. The lowest BCUT2D eigenvalue weighted by Crippen LogP contribution is -2.30. The molecule has 15 heavy (non-hydrogen) atoms. The second-order valence-corrected chi connectivity index (χ2v) is 3.81. The summed E-state index contributed by atoms with van der Waals surface area (Å²) in [5.74, 6) is 0. The van der Waals surface area contributed by atoms with Gasteiger partial charge in [-0.15, -0.1) is 0 Å². The minimum atomic E-state index is -1.46. The van der Waals surface area contributed by atoms with Gasteiger partial charge in [0.15, 0.2) is 0 Å². The lowest BCUT2D eigenvalue weighted by molar-refractivity contribution is 0.426.